The number of rotatable bonds is 20. The number of hydrogen-bond donors (Lipinski definition) is 0. The van der Waals surface area contributed by atoms with Gasteiger partial charge in [0.1, 0.15) is 0 Å². The molecule has 4 aromatic carbocycles. The number of benzene rings is 4. The summed E-state index contributed by atoms with van der Waals surface area (Å²) in [6, 6.07) is 24.9. The third-order valence-electron chi connectivity index (χ3n) is 16.0. The fourth-order valence-electron chi connectivity index (χ4n) is 11.5. The molecule has 9 rings (SSSR count). The second-order valence-corrected chi connectivity index (χ2v) is 24.0. The van der Waals surface area contributed by atoms with Gasteiger partial charge in [0.15, 0.2) is 23.0 Å². The van der Waals surface area contributed by atoms with Crippen LogP contribution in [-0.2, 0) is 11.2 Å². The Morgan fingerprint density at radius 1 is 0.583 bits per heavy atom. The van der Waals surface area contributed by atoms with Gasteiger partial charge < -0.3 is 18.9 Å². The second-order valence-electron chi connectivity index (χ2n) is 21.2. The van der Waals surface area contributed by atoms with Crippen LogP contribution in [0.2, 0.25) is 0 Å². The number of halogens is 2. The molecule has 5 aliphatic rings. The van der Waals surface area contributed by atoms with E-state index in [2.05, 4.69) is 82.3 Å². The first-order valence-corrected chi connectivity index (χ1v) is 30.2. The fourth-order valence-corrected chi connectivity index (χ4v) is 14.6. The number of carbonyl (C=O) groups is 1. The molecule has 4 aromatic rings. The maximum absolute atomic E-state index is 15.5. The molecule has 0 N–H and O–H groups in total. The molecule has 3 aliphatic heterocycles. The Bertz CT molecular complexity index is 2360. The molecule has 2 aliphatic carbocycles. The highest BCUT2D eigenvalue weighted by Crippen LogP contribution is 2.56. The molecule has 1 saturated heterocycles. The normalized spacial score (nSPS) is 22.3. The van der Waals surface area contributed by atoms with Crippen LogP contribution in [0.1, 0.15) is 214 Å². The van der Waals surface area contributed by atoms with Gasteiger partial charge in [-0.2, -0.15) is 8.78 Å². The van der Waals surface area contributed by atoms with E-state index >= 15 is 4.39 Å². The van der Waals surface area contributed by atoms with Crippen LogP contribution in [0, 0.1) is 23.5 Å². The molecule has 0 amide bonds. The van der Waals surface area contributed by atoms with Crippen molar-refractivity contribution in [1.29, 1.82) is 0 Å². The van der Waals surface area contributed by atoms with Crippen LogP contribution in [-0.4, -0.2) is 35.0 Å². The van der Waals surface area contributed by atoms with Gasteiger partial charge in [0.2, 0.25) is 15.9 Å². The highest BCUT2D eigenvalue weighted by atomic mass is 32.2. The highest BCUT2D eigenvalue weighted by molar-refractivity contribution is 8.19. The van der Waals surface area contributed by atoms with E-state index in [4.69, 9.17) is 18.9 Å². The second kappa shape index (κ2) is 27.0. The highest BCUT2D eigenvalue weighted by Gasteiger charge is 2.45. The predicted molar refractivity (Wildman–Crippen MR) is 297 cm³/mol. The Kier molecular flexibility index (Phi) is 20.4. The van der Waals surface area contributed by atoms with E-state index in [0.29, 0.717) is 43.0 Å². The van der Waals surface area contributed by atoms with E-state index in [1.54, 1.807) is 35.7 Å². The zero-order valence-electron chi connectivity index (χ0n) is 43.9. The molecule has 390 valence electrons. The summed E-state index contributed by atoms with van der Waals surface area (Å²) >= 11 is 3.59. The van der Waals surface area contributed by atoms with Gasteiger partial charge in [0.25, 0.3) is 0 Å². The molecule has 0 bridgehead atoms. The molecule has 72 heavy (non-hydrogen) atoms. The van der Waals surface area contributed by atoms with Gasteiger partial charge in [-0.3, -0.25) is 4.79 Å². The lowest BCUT2D eigenvalue weighted by molar-refractivity contribution is -0.137. The van der Waals surface area contributed by atoms with E-state index in [9.17, 15) is 9.18 Å². The van der Waals surface area contributed by atoms with Crippen molar-refractivity contribution in [3.8, 4) is 23.0 Å². The van der Waals surface area contributed by atoms with E-state index in [-0.39, 0.29) is 17.3 Å². The first kappa shape index (κ1) is 54.3. The molecule has 0 aromatic heterocycles. The first-order valence-electron chi connectivity index (χ1n) is 28.2. The lowest BCUT2D eigenvalue weighted by atomic mass is 9.76. The van der Waals surface area contributed by atoms with Gasteiger partial charge in [-0.05, 0) is 164 Å². The van der Waals surface area contributed by atoms with Crippen molar-refractivity contribution < 1.29 is 32.5 Å². The summed E-state index contributed by atoms with van der Waals surface area (Å²) in [7, 11) is 0. The topological polar surface area (TPSA) is 54.0 Å². The van der Waals surface area contributed by atoms with Gasteiger partial charge in [0.05, 0.1) is 19.1 Å². The molecule has 3 fully saturated rings. The fraction of sp³-hybridized carbons (Fsp3) is 0.571. The van der Waals surface area contributed by atoms with Gasteiger partial charge in [-0.15, -0.1) is 0 Å². The van der Waals surface area contributed by atoms with Crippen molar-refractivity contribution in [2.45, 2.75) is 191 Å². The molecule has 0 radical (unpaired) electrons. The van der Waals surface area contributed by atoms with Crippen LogP contribution in [0.3, 0.4) is 0 Å². The minimum Gasteiger partial charge on any atom is -0.490 e. The number of hydrogen-bond acceptors (Lipinski definition) is 7. The van der Waals surface area contributed by atoms with Gasteiger partial charge in [-0.1, -0.05) is 170 Å². The third kappa shape index (κ3) is 13.7. The molecule has 1 spiro atoms. The van der Waals surface area contributed by atoms with E-state index in [1.807, 2.05) is 12.1 Å². The Morgan fingerprint density at radius 3 is 1.62 bits per heavy atom. The standard InChI is InChI=1S/C33H43FO2S2.C30H39FO3/c1-3-5-7-9-24-10-12-25(13-11-24)26-14-16-27(17-15-26)29-23-28-18-19-30(35-20-6-4-2)31(34)32(28)36-33(29)37-21-8-22-38-33;1-3-5-7-8-21-9-11-22(12-10-21)23-13-15-24(16-14-23)26-20-25-17-18-27(33-19-6-4-2)28(31)29(25)34-30(26)32/h14-19,23-25H,3-13,20-22H2,1-2H3;13-18,21-22,26H,3-12,19-20H2,1-2H3. The van der Waals surface area contributed by atoms with Crippen molar-refractivity contribution in [3.63, 3.8) is 0 Å². The summed E-state index contributed by atoms with van der Waals surface area (Å²) in [5.74, 6) is 4.22. The Balaban J connectivity index is 0.000000194. The number of unbranched alkanes of at least 4 members (excludes halogenated alkanes) is 6. The summed E-state index contributed by atoms with van der Waals surface area (Å²) in [6.45, 7) is 9.70. The summed E-state index contributed by atoms with van der Waals surface area (Å²) < 4.78 is 53.1. The van der Waals surface area contributed by atoms with Crippen molar-refractivity contribution in [1.82, 2.24) is 0 Å². The molecular formula is C63H82F2O5S2. The minimum atomic E-state index is -0.619. The molecule has 2 saturated carbocycles. The predicted octanol–water partition coefficient (Wildman–Crippen LogP) is 18.4. The van der Waals surface area contributed by atoms with Crippen molar-refractivity contribution in [3.05, 3.63) is 118 Å². The zero-order valence-corrected chi connectivity index (χ0v) is 45.5. The van der Waals surface area contributed by atoms with Gasteiger partial charge in [0, 0.05) is 11.1 Å². The maximum atomic E-state index is 15.5. The van der Waals surface area contributed by atoms with Crippen molar-refractivity contribution >= 4 is 41.1 Å². The molecular weight excluding hydrogens is 939 g/mol. The van der Waals surface area contributed by atoms with Crippen LogP contribution >= 0.6 is 23.5 Å². The maximum Gasteiger partial charge on any atom is 0.319 e. The van der Waals surface area contributed by atoms with E-state index in [1.165, 1.54) is 119 Å². The molecule has 5 nitrogen and oxygen atoms in total. The lowest BCUT2D eigenvalue weighted by Crippen LogP contribution is -2.36. The molecule has 1 unspecified atom stereocenters. The van der Waals surface area contributed by atoms with Gasteiger partial charge >= 0.3 is 5.97 Å². The van der Waals surface area contributed by atoms with E-state index in [0.717, 1.165) is 77.7 Å². The summed E-state index contributed by atoms with van der Waals surface area (Å²) in [5.41, 5.74) is 7.62. The van der Waals surface area contributed by atoms with Crippen LogP contribution in [0.4, 0.5) is 8.78 Å². The van der Waals surface area contributed by atoms with Crippen LogP contribution in [0.5, 0.6) is 23.0 Å². The lowest BCUT2D eigenvalue weighted by Gasteiger charge is -2.41. The largest absolute Gasteiger partial charge is 0.490 e. The first-order chi connectivity index (χ1) is 35.2. The number of ether oxygens (including phenoxy) is 4. The molecule has 1 atom stereocenters. The van der Waals surface area contributed by atoms with E-state index < -0.39 is 22.0 Å². The average molecular weight is 1020 g/mol. The van der Waals surface area contributed by atoms with Crippen molar-refractivity contribution in [2.75, 3.05) is 24.7 Å². The number of carbonyl (C=O) groups excluding carboxylic acids is 1. The third-order valence-corrected chi connectivity index (χ3v) is 19.1. The smallest absolute Gasteiger partial charge is 0.319 e. The molecule has 3 heterocycles. The molecule has 9 heteroatoms. The quantitative estimate of drug-likeness (QED) is 0.0497. The Hall–Kier alpha value is -3.95. The Morgan fingerprint density at radius 2 is 1.08 bits per heavy atom. The average Bonchev–Trinajstić information content (AvgIpc) is 3.41. The number of fused-ring (bicyclic) bond motifs is 2. The summed E-state index contributed by atoms with van der Waals surface area (Å²) in [6.07, 6.45) is 29.0. The zero-order chi connectivity index (χ0) is 50.3. The van der Waals surface area contributed by atoms with Crippen LogP contribution in [0.25, 0.3) is 11.6 Å². The minimum absolute atomic E-state index is 0.0302. The SMILES string of the molecule is CCCCCC1CCC(c2ccc(C3=Cc4ccc(OCCCC)c(F)c4OC34SCCCS4)cc2)CC1.CCCCCC1CCC(c2ccc(C3Cc4ccc(OCCCC)c(F)c4OC3=O)cc2)CC1. The van der Waals surface area contributed by atoms with Crippen LogP contribution < -0.4 is 18.9 Å². The number of esters is 1. The van der Waals surface area contributed by atoms with Gasteiger partial charge in [-0.25, -0.2) is 0 Å². The van der Waals surface area contributed by atoms with Crippen molar-refractivity contribution in [2.24, 2.45) is 11.8 Å². The number of thioether (sulfide) groups is 2. The monoisotopic (exact) mass is 1020 g/mol. The summed E-state index contributed by atoms with van der Waals surface area (Å²) in [5, 5.41) is 0. The summed E-state index contributed by atoms with van der Waals surface area (Å²) in [4.78, 5) is 12.8. The Labute approximate surface area is 439 Å². The van der Waals surface area contributed by atoms with Crippen LogP contribution in [0.15, 0.2) is 72.8 Å².